The van der Waals surface area contributed by atoms with Crippen LogP contribution in [0, 0.1) is 5.41 Å². The van der Waals surface area contributed by atoms with Crippen molar-refractivity contribution in [2.45, 2.75) is 33.7 Å². The van der Waals surface area contributed by atoms with Crippen molar-refractivity contribution in [3.8, 4) is 0 Å². The lowest BCUT2D eigenvalue weighted by atomic mass is 9.99. The van der Waals surface area contributed by atoms with Crippen LogP contribution in [0.15, 0.2) is 28.4 Å². The maximum atomic E-state index is 7.81. The largest absolute Gasteiger partial charge is 0.351 e. The summed E-state index contributed by atoms with van der Waals surface area (Å²) in [6.07, 6.45) is 3.99. The van der Waals surface area contributed by atoms with Crippen LogP contribution in [0.4, 0.5) is 0 Å². The van der Waals surface area contributed by atoms with Gasteiger partial charge in [0, 0.05) is 12.8 Å². The first-order valence-corrected chi connectivity index (χ1v) is 5.15. The molecule has 3 heteroatoms. The molecule has 0 spiro atoms. The molecule has 1 aliphatic rings. The van der Waals surface area contributed by atoms with E-state index in [4.69, 9.17) is 5.41 Å². The summed E-state index contributed by atoms with van der Waals surface area (Å²) in [5.74, 6) is 0.963. The van der Waals surface area contributed by atoms with Crippen LogP contribution in [0.1, 0.15) is 27.7 Å². The lowest BCUT2D eigenvalue weighted by Crippen LogP contribution is -2.43. The number of hydrogen-bond donors (Lipinski definition) is 1. The van der Waals surface area contributed by atoms with Crippen molar-refractivity contribution in [3.05, 3.63) is 23.4 Å². The molecule has 0 bridgehead atoms. The zero-order valence-electron chi connectivity index (χ0n) is 10.1. The van der Waals surface area contributed by atoms with Crippen molar-refractivity contribution in [2.24, 2.45) is 4.99 Å². The van der Waals surface area contributed by atoms with Gasteiger partial charge in [0.25, 0.3) is 0 Å². The van der Waals surface area contributed by atoms with Crippen LogP contribution in [0.2, 0.25) is 0 Å². The van der Waals surface area contributed by atoms with Crippen molar-refractivity contribution in [2.75, 3.05) is 7.05 Å². The molecule has 1 rings (SSSR count). The van der Waals surface area contributed by atoms with Crippen LogP contribution in [0.25, 0.3) is 0 Å². The summed E-state index contributed by atoms with van der Waals surface area (Å²) in [5, 5.41) is 7.81. The highest BCUT2D eigenvalue weighted by Gasteiger charge is 2.25. The fourth-order valence-electron chi connectivity index (χ4n) is 1.90. The van der Waals surface area contributed by atoms with Gasteiger partial charge < -0.3 is 10.3 Å². The number of nitrogens with one attached hydrogen (secondary N) is 1. The summed E-state index contributed by atoms with van der Waals surface area (Å²) < 4.78 is 0. The number of amidine groups is 1. The van der Waals surface area contributed by atoms with Crippen LogP contribution < -0.4 is 0 Å². The van der Waals surface area contributed by atoms with Crippen LogP contribution in [0.3, 0.4) is 0 Å². The first-order chi connectivity index (χ1) is 6.99. The Bertz CT molecular complexity index is 361. The predicted octanol–water partition coefficient (Wildman–Crippen LogP) is 2.61. The van der Waals surface area contributed by atoms with Gasteiger partial charge in [-0.05, 0) is 39.3 Å². The third kappa shape index (κ3) is 2.17. The van der Waals surface area contributed by atoms with Crippen molar-refractivity contribution < 1.29 is 0 Å². The quantitative estimate of drug-likeness (QED) is 0.691. The first kappa shape index (κ1) is 11.7. The van der Waals surface area contributed by atoms with Crippen molar-refractivity contribution in [1.29, 1.82) is 5.41 Å². The highest BCUT2D eigenvalue weighted by molar-refractivity contribution is 5.94. The Morgan fingerprint density at radius 2 is 2.07 bits per heavy atom. The Morgan fingerprint density at radius 1 is 1.47 bits per heavy atom. The number of rotatable bonds is 2. The van der Waals surface area contributed by atoms with E-state index < -0.39 is 0 Å². The smallest absolute Gasteiger partial charge is 0.102 e. The normalized spacial score (nSPS) is 22.3. The van der Waals surface area contributed by atoms with Gasteiger partial charge in [0.15, 0.2) is 0 Å². The maximum absolute atomic E-state index is 7.81. The van der Waals surface area contributed by atoms with Gasteiger partial charge in [0.05, 0.1) is 11.7 Å². The second-order valence-electron chi connectivity index (χ2n) is 3.92. The summed E-state index contributed by atoms with van der Waals surface area (Å²) >= 11 is 0. The number of aliphatic imine (C=N–C) groups is 1. The van der Waals surface area contributed by atoms with E-state index in [-0.39, 0.29) is 6.04 Å². The van der Waals surface area contributed by atoms with Gasteiger partial charge in [-0.25, -0.2) is 4.99 Å². The topological polar surface area (TPSA) is 39.5 Å². The molecule has 0 aromatic heterocycles. The minimum atomic E-state index is 0.0636. The van der Waals surface area contributed by atoms with Crippen LogP contribution in [-0.4, -0.2) is 29.5 Å². The fourth-order valence-corrected chi connectivity index (χ4v) is 1.90. The minimum Gasteiger partial charge on any atom is -0.351 e. The average molecular weight is 205 g/mol. The Labute approximate surface area is 91.7 Å². The molecule has 1 unspecified atom stereocenters. The third-order valence-electron chi connectivity index (χ3n) is 2.73. The zero-order chi connectivity index (χ0) is 11.6. The molecule has 15 heavy (non-hydrogen) atoms. The standard InChI is InChI=1S/C12H19N3/c1-6-7-11-8(2)12(9(3)13)15(5)10(4)14-11/h6-7,12-13H,1-5H3/b7-6-,13-9?. The van der Waals surface area contributed by atoms with E-state index in [1.807, 2.05) is 51.8 Å². The van der Waals surface area contributed by atoms with Gasteiger partial charge in [0.1, 0.15) is 5.84 Å². The SMILES string of the molecule is C/C=C\C1=C(C)C(C(C)=N)N(C)C(C)=N1. The van der Waals surface area contributed by atoms with Gasteiger partial charge in [-0.2, -0.15) is 0 Å². The molecule has 0 saturated carbocycles. The highest BCUT2D eigenvalue weighted by atomic mass is 15.2. The van der Waals surface area contributed by atoms with E-state index in [0.717, 1.165) is 17.1 Å². The second-order valence-corrected chi connectivity index (χ2v) is 3.92. The molecule has 3 nitrogen and oxygen atoms in total. The van der Waals surface area contributed by atoms with Gasteiger partial charge in [-0.15, -0.1) is 0 Å². The molecule has 0 radical (unpaired) electrons. The molecule has 1 atom stereocenters. The number of likely N-dealkylation sites (N-methyl/N-ethyl adjacent to an activating group) is 1. The van der Waals surface area contributed by atoms with Crippen molar-refractivity contribution in [3.63, 3.8) is 0 Å². The molecule has 0 amide bonds. The molecule has 0 fully saturated rings. The molecule has 0 aromatic carbocycles. The van der Waals surface area contributed by atoms with E-state index in [9.17, 15) is 0 Å². The maximum Gasteiger partial charge on any atom is 0.102 e. The van der Waals surface area contributed by atoms with Crippen molar-refractivity contribution >= 4 is 11.5 Å². The van der Waals surface area contributed by atoms with E-state index in [2.05, 4.69) is 4.99 Å². The monoisotopic (exact) mass is 205 g/mol. The Hall–Kier alpha value is -1.38. The molecule has 1 aliphatic heterocycles. The Balaban J connectivity index is 3.21. The molecular formula is C12H19N3. The van der Waals surface area contributed by atoms with Crippen LogP contribution in [-0.2, 0) is 0 Å². The van der Waals surface area contributed by atoms with Gasteiger partial charge in [-0.3, -0.25) is 0 Å². The predicted molar refractivity (Wildman–Crippen MR) is 65.6 cm³/mol. The Kier molecular flexibility index (Phi) is 3.45. The third-order valence-corrected chi connectivity index (χ3v) is 2.73. The molecule has 0 aliphatic carbocycles. The molecule has 0 saturated heterocycles. The van der Waals surface area contributed by atoms with E-state index in [1.165, 1.54) is 0 Å². The summed E-state index contributed by atoms with van der Waals surface area (Å²) in [4.78, 5) is 6.55. The Morgan fingerprint density at radius 3 is 2.53 bits per heavy atom. The molecule has 1 N–H and O–H groups in total. The first-order valence-electron chi connectivity index (χ1n) is 5.15. The molecule has 1 heterocycles. The zero-order valence-corrected chi connectivity index (χ0v) is 10.1. The summed E-state index contributed by atoms with van der Waals surface area (Å²) in [5.41, 5.74) is 2.80. The minimum absolute atomic E-state index is 0.0636. The average Bonchev–Trinajstić information content (AvgIpc) is 2.14. The summed E-state index contributed by atoms with van der Waals surface area (Å²) in [6, 6.07) is 0.0636. The summed E-state index contributed by atoms with van der Waals surface area (Å²) in [6.45, 7) is 7.85. The van der Waals surface area contributed by atoms with Gasteiger partial charge in [-0.1, -0.05) is 6.08 Å². The fraction of sp³-hybridized carbons (Fsp3) is 0.500. The second kappa shape index (κ2) is 4.43. The number of hydrogen-bond acceptors (Lipinski definition) is 3. The van der Waals surface area contributed by atoms with E-state index >= 15 is 0 Å². The lowest BCUT2D eigenvalue weighted by Gasteiger charge is -2.34. The lowest BCUT2D eigenvalue weighted by molar-refractivity contribution is 0.472. The molecule has 82 valence electrons. The summed E-state index contributed by atoms with van der Waals surface area (Å²) in [7, 11) is 1.98. The molecular weight excluding hydrogens is 186 g/mol. The van der Waals surface area contributed by atoms with Crippen molar-refractivity contribution in [1.82, 2.24) is 4.90 Å². The highest BCUT2D eigenvalue weighted by Crippen LogP contribution is 2.22. The van der Waals surface area contributed by atoms with E-state index in [1.54, 1.807) is 0 Å². The number of allylic oxidation sites excluding steroid dienone is 2. The molecule has 0 aromatic rings. The van der Waals surface area contributed by atoms with Crippen LogP contribution in [0.5, 0.6) is 0 Å². The number of nitrogens with zero attached hydrogens (tertiary/aromatic N) is 2. The van der Waals surface area contributed by atoms with Gasteiger partial charge >= 0.3 is 0 Å². The van der Waals surface area contributed by atoms with E-state index in [0.29, 0.717) is 5.71 Å². The van der Waals surface area contributed by atoms with Crippen LogP contribution >= 0.6 is 0 Å². The van der Waals surface area contributed by atoms with Gasteiger partial charge in [0.2, 0.25) is 0 Å².